The normalized spacial score (nSPS) is 17.3. The van der Waals surface area contributed by atoms with E-state index in [2.05, 4.69) is 27.8 Å². The highest BCUT2D eigenvalue weighted by Crippen LogP contribution is 2.37. The Morgan fingerprint density at radius 2 is 2.22 bits per heavy atom. The minimum Gasteiger partial charge on any atom is -0.474 e. The van der Waals surface area contributed by atoms with Gasteiger partial charge in [-0.2, -0.15) is 0 Å². The molecule has 1 aliphatic rings. The van der Waals surface area contributed by atoms with Crippen LogP contribution in [0.5, 0.6) is 5.75 Å². The van der Waals surface area contributed by atoms with E-state index >= 15 is 0 Å². The van der Waals surface area contributed by atoms with Crippen molar-refractivity contribution in [1.29, 1.82) is 0 Å². The molecule has 2 heterocycles. The highest BCUT2D eigenvalue weighted by atomic mass is 79.9. The molecule has 0 radical (unpaired) electrons. The van der Waals surface area contributed by atoms with Crippen LogP contribution in [-0.2, 0) is 4.79 Å². The van der Waals surface area contributed by atoms with E-state index in [1.54, 1.807) is 24.9 Å². The summed E-state index contributed by atoms with van der Waals surface area (Å²) in [6.45, 7) is 6.37. The molecule has 1 aromatic heterocycles. The molecule has 1 aromatic rings. The Morgan fingerprint density at radius 3 is 2.89 bits per heavy atom. The van der Waals surface area contributed by atoms with Gasteiger partial charge >= 0.3 is 0 Å². The number of rotatable bonds is 3. The van der Waals surface area contributed by atoms with Crippen LogP contribution in [0.3, 0.4) is 0 Å². The van der Waals surface area contributed by atoms with E-state index in [0.717, 1.165) is 17.3 Å². The number of aromatic nitrogens is 1. The van der Waals surface area contributed by atoms with Gasteiger partial charge in [-0.3, -0.25) is 9.69 Å². The lowest BCUT2D eigenvalue weighted by atomic mass is 10.1. The van der Waals surface area contributed by atoms with Gasteiger partial charge in [0.2, 0.25) is 0 Å². The van der Waals surface area contributed by atoms with Crippen LogP contribution < -0.4 is 9.64 Å². The molecule has 18 heavy (non-hydrogen) atoms. The molecular formula is C13H17BrN2O2. The third-order valence-corrected chi connectivity index (χ3v) is 3.35. The van der Waals surface area contributed by atoms with Crippen molar-refractivity contribution < 1.29 is 9.53 Å². The lowest BCUT2D eigenvalue weighted by molar-refractivity contribution is -0.132. The van der Waals surface area contributed by atoms with Crippen LogP contribution in [0.2, 0.25) is 0 Å². The van der Waals surface area contributed by atoms with E-state index < -0.39 is 5.60 Å². The number of nitrogens with zero attached hydrogens (tertiary/aromatic N) is 2. The molecule has 2 rings (SSSR count). The summed E-state index contributed by atoms with van der Waals surface area (Å²) in [7, 11) is 0. The number of pyridine rings is 1. The maximum absolute atomic E-state index is 12.3. The van der Waals surface area contributed by atoms with Gasteiger partial charge in [0.1, 0.15) is 0 Å². The number of halogens is 1. The summed E-state index contributed by atoms with van der Waals surface area (Å²) in [4.78, 5) is 18.4. The van der Waals surface area contributed by atoms with E-state index in [1.165, 1.54) is 0 Å². The number of hydrogen-bond acceptors (Lipinski definition) is 3. The van der Waals surface area contributed by atoms with E-state index in [1.807, 2.05) is 6.07 Å². The molecule has 98 valence electrons. The Balaban J connectivity index is 2.42. The molecule has 0 aromatic carbocycles. The van der Waals surface area contributed by atoms with Gasteiger partial charge in [0.05, 0.1) is 0 Å². The summed E-state index contributed by atoms with van der Waals surface area (Å²) < 4.78 is 6.59. The van der Waals surface area contributed by atoms with Crippen molar-refractivity contribution in [2.45, 2.75) is 39.2 Å². The number of unbranched alkanes of at least 4 members (excludes halogenated alkanes) is 1. The van der Waals surface area contributed by atoms with Gasteiger partial charge in [-0.25, -0.2) is 4.98 Å². The van der Waals surface area contributed by atoms with Crippen LogP contribution in [0.1, 0.15) is 33.6 Å². The molecule has 4 nitrogen and oxygen atoms in total. The van der Waals surface area contributed by atoms with Crippen molar-refractivity contribution in [2.24, 2.45) is 0 Å². The minimum atomic E-state index is -0.830. The van der Waals surface area contributed by atoms with Crippen molar-refractivity contribution in [1.82, 2.24) is 4.98 Å². The third-order valence-electron chi connectivity index (χ3n) is 2.92. The van der Waals surface area contributed by atoms with Crippen molar-refractivity contribution in [3.63, 3.8) is 0 Å². The average molecular weight is 313 g/mol. The standard InChI is InChI=1S/C13H17BrN2O2/c1-4-5-6-16-11-10(7-9(14)8-15-11)18-13(2,3)12(16)17/h7-8H,4-6H2,1-3H3. The molecule has 0 aliphatic carbocycles. The highest BCUT2D eigenvalue weighted by Gasteiger charge is 2.41. The van der Waals surface area contributed by atoms with E-state index in [-0.39, 0.29) is 5.91 Å². The molecule has 0 fully saturated rings. The first-order chi connectivity index (χ1) is 8.45. The summed E-state index contributed by atoms with van der Waals surface area (Å²) in [5, 5.41) is 0. The smallest absolute Gasteiger partial charge is 0.271 e. The Morgan fingerprint density at radius 1 is 1.50 bits per heavy atom. The fraction of sp³-hybridized carbons (Fsp3) is 0.538. The van der Waals surface area contributed by atoms with Crippen LogP contribution >= 0.6 is 15.9 Å². The first-order valence-electron chi connectivity index (χ1n) is 6.12. The number of carbonyl (C=O) groups is 1. The minimum absolute atomic E-state index is 0.0294. The quantitative estimate of drug-likeness (QED) is 0.861. The Kier molecular flexibility index (Phi) is 3.61. The van der Waals surface area contributed by atoms with E-state index in [0.29, 0.717) is 18.1 Å². The average Bonchev–Trinajstić information content (AvgIpc) is 2.29. The Bertz CT molecular complexity index is 474. The van der Waals surface area contributed by atoms with Crippen LogP contribution in [0.15, 0.2) is 16.7 Å². The Labute approximate surface area is 115 Å². The van der Waals surface area contributed by atoms with Gasteiger partial charge in [-0.1, -0.05) is 13.3 Å². The van der Waals surface area contributed by atoms with Gasteiger partial charge in [-0.05, 0) is 42.3 Å². The van der Waals surface area contributed by atoms with E-state index in [4.69, 9.17) is 4.74 Å². The fourth-order valence-electron chi connectivity index (χ4n) is 1.95. The second-order valence-electron chi connectivity index (χ2n) is 4.90. The number of hydrogen-bond donors (Lipinski definition) is 0. The SMILES string of the molecule is CCCCN1C(=O)C(C)(C)Oc2cc(Br)cnc21. The molecule has 1 amide bonds. The van der Waals surface area contributed by atoms with Crippen molar-refractivity contribution >= 4 is 27.7 Å². The van der Waals surface area contributed by atoms with Gasteiger partial charge in [0.15, 0.2) is 17.2 Å². The molecule has 0 spiro atoms. The number of carbonyl (C=O) groups excluding carboxylic acids is 1. The van der Waals surface area contributed by atoms with Crippen LogP contribution in [0.25, 0.3) is 0 Å². The van der Waals surface area contributed by atoms with Crippen molar-refractivity contribution in [2.75, 3.05) is 11.4 Å². The number of anilines is 1. The molecule has 1 aliphatic heterocycles. The third kappa shape index (κ3) is 2.36. The lowest BCUT2D eigenvalue weighted by Gasteiger charge is -2.37. The molecule has 0 bridgehead atoms. The maximum atomic E-state index is 12.3. The summed E-state index contributed by atoms with van der Waals surface area (Å²) in [5.74, 6) is 1.25. The topological polar surface area (TPSA) is 42.4 Å². The van der Waals surface area contributed by atoms with E-state index in [9.17, 15) is 4.79 Å². The van der Waals surface area contributed by atoms with Crippen LogP contribution in [-0.4, -0.2) is 23.0 Å². The maximum Gasteiger partial charge on any atom is 0.271 e. The summed E-state index contributed by atoms with van der Waals surface area (Å²) >= 11 is 3.37. The van der Waals surface area contributed by atoms with Crippen molar-refractivity contribution in [3.8, 4) is 5.75 Å². The molecule has 0 unspecified atom stereocenters. The number of fused-ring (bicyclic) bond motifs is 1. The molecule has 0 N–H and O–H groups in total. The molecule has 5 heteroatoms. The van der Waals surface area contributed by atoms with Crippen LogP contribution in [0, 0.1) is 0 Å². The lowest BCUT2D eigenvalue weighted by Crippen LogP contribution is -2.53. The zero-order valence-electron chi connectivity index (χ0n) is 10.9. The molecular weight excluding hydrogens is 296 g/mol. The second-order valence-corrected chi connectivity index (χ2v) is 5.81. The monoisotopic (exact) mass is 312 g/mol. The summed E-state index contributed by atoms with van der Waals surface area (Å²) in [5.41, 5.74) is -0.830. The number of amides is 1. The zero-order valence-corrected chi connectivity index (χ0v) is 12.5. The van der Waals surface area contributed by atoms with Crippen LogP contribution in [0.4, 0.5) is 5.82 Å². The largest absolute Gasteiger partial charge is 0.474 e. The highest BCUT2D eigenvalue weighted by molar-refractivity contribution is 9.10. The molecule has 0 atom stereocenters. The number of ether oxygens (including phenoxy) is 1. The van der Waals surface area contributed by atoms with Gasteiger partial charge in [-0.15, -0.1) is 0 Å². The zero-order chi connectivity index (χ0) is 13.3. The first kappa shape index (κ1) is 13.3. The summed E-state index contributed by atoms with van der Waals surface area (Å²) in [6.07, 6.45) is 3.68. The molecule has 0 saturated carbocycles. The molecule has 0 saturated heterocycles. The summed E-state index contributed by atoms with van der Waals surface area (Å²) in [6, 6.07) is 1.86. The fourth-order valence-corrected chi connectivity index (χ4v) is 2.27. The van der Waals surface area contributed by atoms with Gasteiger partial charge < -0.3 is 4.74 Å². The van der Waals surface area contributed by atoms with Gasteiger partial charge in [0.25, 0.3) is 5.91 Å². The predicted octanol–water partition coefficient (Wildman–Crippen LogP) is 3.15. The first-order valence-corrected chi connectivity index (χ1v) is 6.91. The van der Waals surface area contributed by atoms with Gasteiger partial charge in [0, 0.05) is 17.2 Å². The van der Waals surface area contributed by atoms with Crippen molar-refractivity contribution in [3.05, 3.63) is 16.7 Å². The second kappa shape index (κ2) is 4.88. The Hall–Kier alpha value is -1.10. The predicted molar refractivity (Wildman–Crippen MR) is 73.9 cm³/mol.